The highest BCUT2D eigenvalue weighted by Gasteiger charge is 2.13. The maximum absolute atomic E-state index is 10.8. The van der Waals surface area contributed by atoms with E-state index in [2.05, 4.69) is 30.1 Å². The van der Waals surface area contributed by atoms with E-state index < -0.39 is 5.97 Å². The second-order valence-electron chi connectivity index (χ2n) is 4.74. The quantitative estimate of drug-likeness (QED) is 0.896. The van der Waals surface area contributed by atoms with Crippen LogP contribution in [0.15, 0.2) is 18.2 Å². The number of aryl methyl sites for hydroxylation is 2. The molecule has 1 aromatic carbocycles. The molecule has 0 saturated heterocycles. The lowest BCUT2D eigenvalue weighted by molar-refractivity contribution is 0.0689. The summed E-state index contributed by atoms with van der Waals surface area (Å²) in [6.45, 7) is 8.21. The summed E-state index contributed by atoms with van der Waals surface area (Å²) in [6.07, 6.45) is 0. The molecule has 4 heteroatoms. The molecule has 0 aliphatic rings. The molecular formula is C15H16N2O2. The first-order chi connectivity index (χ1) is 8.91. The third kappa shape index (κ3) is 2.34. The number of benzene rings is 1. The molecule has 0 atom stereocenters. The van der Waals surface area contributed by atoms with Crippen LogP contribution in [0.1, 0.15) is 32.7 Å². The van der Waals surface area contributed by atoms with E-state index in [-0.39, 0.29) is 5.69 Å². The zero-order valence-corrected chi connectivity index (χ0v) is 11.5. The molecule has 0 unspecified atom stereocenters. The molecule has 0 aliphatic carbocycles. The van der Waals surface area contributed by atoms with Gasteiger partial charge in [-0.2, -0.15) is 0 Å². The van der Waals surface area contributed by atoms with Crippen LogP contribution >= 0.6 is 0 Å². The molecule has 2 rings (SSSR count). The third-order valence-corrected chi connectivity index (χ3v) is 3.51. The summed E-state index contributed by atoms with van der Waals surface area (Å²) in [4.78, 5) is 10.8. The Morgan fingerprint density at radius 1 is 1.00 bits per heavy atom. The average molecular weight is 256 g/mol. The Morgan fingerprint density at radius 3 is 2.00 bits per heavy atom. The second-order valence-corrected chi connectivity index (χ2v) is 4.74. The van der Waals surface area contributed by atoms with E-state index in [0.29, 0.717) is 5.69 Å². The first kappa shape index (κ1) is 13.2. The van der Waals surface area contributed by atoms with Gasteiger partial charge < -0.3 is 5.11 Å². The van der Waals surface area contributed by atoms with Crippen LogP contribution in [0.2, 0.25) is 0 Å². The lowest BCUT2D eigenvalue weighted by Crippen LogP contribution is -2.03. The van der Waals surface area contributed by atoms with E-state index in [4.69, 9.17) is 5.11 Å². The van der Waals surface area contributed by atoms with Crippen molar-refractivity contribution in [3.8, 4) is 11.3 Å². The molecule has 4 nitrogen and oxygen atoms in total. The zero-order chi connectivity index (χ0) is 14.2. The monoisotopic (exact) mass is 256 g/mol. The van der Waals surface area contributed by atoms with Gasteiger partial charge in [-0.15, -0.1) is 10.2 Å². The maximum Gasteiger partial charge on any atom is 0.356 e. The van der Waals surface area contributed by atoms with Crippen LogP contribution in [-0.2, 0) is 0 Å². The van der Waals surface area contributed by atoms with Crippen LogP contribution in [0.4, 0.5) is 0 Å². The SMILES string of the molecule is Cc1cc(C)c(C)c(-c2ccc(C(=O)O)nn2)c1C. The van der Waals surface area contributed by atoms with Crippen molar-refractivity contribution >= 4 is 5.97 Å². The Balaban J connectivity index is 2.62. The van der Waals surface area contributed by atoms with Crippen molar-refractivity contribution < 1.29 is 9.90 Å². The van der Waals surface area contributed by atoms with Gasteiger partial charge in [0.2, 0.25) is 0 Å². The minimum absolute atomic E-state index is 0.0385. The maximum atomic E-state index is 10.8. The number of aromatic carboxylic acids is 1. The highest BCUT2D eigenvalue weighted by molar-refractivity contribution is 5.85. The van der Waals surface area contributed by atoms with Gasteiger partial charge in [0.1, 0.15) is 0 Å². The van der Waals surface area contributed by atoms with Crippen LogP contribution in [0.3, 0.4) is 0 Å². The third-order valence-electron chi connectivity index (χ3n) is 3.51. The van der Waals surface area contributed by atoms with Crippen molar-refractivity contribution in [2.75, 3.05) is 0 Å². The molecule has 1 heterocycles. The molecule has 1 N–H and O–H groups in total. The minimum atomic E-state index is -1.06. The molecule has 0 amide bonds. The first-order valence-corrected chi connectivity index (χ1v) is 6.06. The predicted molar refractivity (Wildman–Crippen MR) is 73.4 cm³/mol. The number of carboxylic acids is 1. The largest absolute Gasteiger partial charge is 0.476 e. The number of hydrogen-bond acceptors (Lipinski definition) is 3. The standard InChI is InChI=1S/C15H16N2O2/c1-8-7-9(2)11(4)14(10(8)3)12-5-6-13(15(18)19)17-16-12/h5-7H,1-4H3,(H,18,19). The zero-order valence-electron chi connectivity index (χ0n) is 11.5. The van der Waals surface area contributed by atoms with Crippen molar-refractivity contribution in [1.29, 1.82) is 0 Å². The van der Waals surface area contributed by atoms with Crippen molar-refractivity contribution in [1.82, 2.24) is 10.2 Å². The Morgan fingerprint density at radius 2 is 1.58 bits per heavy atom. The van der Waals surface area contributed by atoms with Gasteiger partial charge in [-0.25, -0.2) is 4.79 Å². The van der Waals surface area contributed by atoms with Crippen LogP contribution in [0.5, 0.6) is 0 Å². The molecule has 2 aromatic rings. The van der Waals surface area contributed by atoms with Gasteiger partial charge >= 0.3 is 5.97 Å². The lowest BCUT2D eigenvalue weighted by Gasteiger charge is -2.14. The minimum Gasteiger partial charge on any atom is -0.476 e. The lowest BCUT2D eigenvalue weighted by atomic mass is 9.92. The van der Waals surface area contributed by atoms with Gasteiger partial charge in [-0.3, -0.25) is 0 Å². The smallest absolute Gasteiger partial charge is 0.356 e. The van der Waals surface area contributed by atoms with Crippen molar-refractivity contribution in [3.05, 3.63) is 46.1 Å². The predicted octanol–water partition coefficient (Wildman–Crippen LogP) is 3.08. The summed E-state index contributed by atoms with van der Waals surface area (Å²) >= 11 is 0. The first-order valence-electron chi connectivity index (χ1n) is 6.06. The highest BCUT2D eigenvalue weighted by atomic mass is 16.4. The summed E-state index contributed by atoms with van der Waals surface area (Å²) in [5.74, 6) is -1.06. The summed E-state index contributed by atoms with van der Waals surface area (Å²) in [5.41, 5.74) is 6.42. The second kappa shape index (κ2) is 4.80. The molecule has 1 aromatic heterocycles. The van der Waals surface area contributed by atoms with Gasteiger partial charge in [0.15, 0.2) is 5.69 Å². The number of rotatable bonds is 2. The number of nitrogens with zero attached hydrogens (tertiary/aromatic N) is 2. The number of hydrogen-bond donors (Lipinski definition) is 1. The molecule has 98 valence electrons. The number of carbonyl (C=O) groups is 1. The molecule has 0 saturated carbocycles. The van der Waals surface area contributed by atoms with Crippen LogP contribution < -0.4 is 0 Å². The Kier molecular flexibility index (Phi) is 3.34. The number of aromatic nitrogens is 2. The summed E-state index contributed by atoms with van der Waals surface area (Å²) in [6, 6.07) is 5.35. The Hall–Kier alpha value is -2.23. The molecule has 0 spiro atoms. The van der Waals surface area contributed by atoms with E-state index >= 15 is 0 Å². The van der Waals surface area contributed by atoms with Gasteiger partial charge in [0.25, 0.3) is 0 Å². The van der Waals surface area contributed by atoms with Gasteiger partial charge in [0.05, 0.1) is 5.69 Å². The van der Waals surface area contributed by atoms with Crippen LogP contribution in [-0.4, -0.2) is 21.3 Å². The Labute approximate surface area is 112 Å². The Bertz CT molecular complexity index is 620. The fourth-order valence-electron chi connectivity index (χ4n) is 2.18. The van der Waals surface area contributed by atoms with Gasteiger partial charge in [0, 0.05) is 5.56 Å². The van der Waals surface area contributed by atoms with Gasteiger partial charge in [-0.05, 0) is 62.1 Å². The van der Waals surface area contributed by atoms with E-state index in [1.807, 2.05) is 13.8 Å². The molecule has 19 heavy (non-hydrogen) atoms. The van der Waals surface area contributed by atoms with Crippen molar-refractivity contribution in [2.24, 2.45) is 0 Å². The normalized spacial score (nSPS) is 10.5. The van der Waals surface area contributed by atoms with E-state index in [1.165, 1.54) is 17.2 Å². The fourth-order valence-corrected chi connectivity index (χ4v) is 2.18. The molecular weight excluding hydrogens is 240 g/mol. The summed E-state index contributed by atoms with van der Waals surface area (Å²) in [7, 11) is 0. The molecule has 0 aliphatic heterocycles. The van der Waals surface area contributed by atoms with Crippen LogP contribution in [0, 0.1) is 27.7 Å². The van der Waals surface area contributed by atoms with Gasteiger partial charge in [-0.1, -0.05) is 6.07 Å². The molecule has 0 radical (unpaired) electrons. The molecule has 0 fully saturated rings. The van der Waals surface area contributed by atoms with E-state index in [1.54, 1.807) is 6.07 Å². The highest BCUT2D eigenvalue weighted by Crippen LogP contribution is 2.29. The topological polar surface area (TPSA) is 63.1 Å². The van der Waals surface area contributed by atoms with E-state index in [0.717, 1.165) is 16.7 Å². The number of carboxylic acid groups (broad SMARTS) is 1. The van der Waals surface area contributed by atoms with Crippen molar-refractivity contribution in [3.63, 3.8) is 0 Å². The average Bonchev–Trinajstić information content (AvgIpc) is 2.37. The van der Waals surface area contributed by atoms with Crippen molar-refractivity contribution in [2.45, 2.75) is 27.7 Å². The van der Waals surface area contributed by atoms with Crippen LogP contribution in [0.25, 0.3) is 11.3 Å². The summed E-state index contributed by atoms with van der Waals surface area (Å²) in [5, 5.41) is 16.6. The fraction of sp³-hybridized carbons (Fsp3) is 0.267. The van der Waals surface area contributed by atoms with E-state index in [9.17, 15) is 4.79 Å². The molecule has 0 bridgehead atoms. The summed E-state index contributed by atoms with van der Waals surface area (Å²) < 4.78 is 0.